The highest BCUT2D eigenvalue weighted by atomic mass is 19.1. The summed E-state index contributed by atoms with van der Waals surface area (Å²) in [4.78, 5) is 0. The summed E-state index contributed by atoms with van der Waals surface area (Å²) in [5.74, 6) is 0.241. The number of hydrogen-bond acceptors (Lipinski definition) is 1. The van der Waals surface area contributed by atoms with E-state index in [2.05, 4.69) is 13.2 Å². The lowest BCUT2D eigenvalue weighted by atomic mass is 10.0. The van der Waals surface area contributed by atoms with Crippen molar-refractivity contribution in [3.8, 4) is 0 Å². The Morgan fingerprint density at radius 1 is 1.67 bits per heavy atom. The van der Waals surface area contributed by atoms with Crippen molar-refractivity contribution in [2.24, 2.45) is 0 Å². The Labute approximate surface area is 72.2 Å². The number of allylic oxidation sites excluding steroid dienone is 3. The highest BCUT2D eigenvalue weighted by Gasteiger charge is 2.18. The van der Waals surface area contributed by atoms with Crippen LogP contribution in [-0.2, 0) is 4.74 Å². The molecule has 0 aromatic carbocycles. The number of ether oxygens (including phenoxy) is 1. The van der Waals surface area contributed by atoms with Gasteiger partial charge in [0, 0.05) is 12.0 Å². The number of hydrogen-bond donors (Lipinski definition) is 0. The predicted octanol–water partition coefficient (Wildman–Crippen LogP) is 3.11. The molecule has 0 atom stereocenters. The summed E-state index contributed by atoms with van der Waals surface area (Å²) in [6.45, 7) is 9.50. The molecule has 0 aromatic rings. The van der Waals surface area contributed by atoms with Gasteiger partial charge in [0.1, 0.15) is 11.6 Å². The van der Waals surface area contributed by atoms with Gasteiger partial charge in [-0.3, -0.25) is 0 Å². The van der Waals surface area contributed by atoms with Crippen molar-refractivity contribution in [2.75, 3.05) is 6.61 Å². The molecule has 0 spiro atoms. The largest absolute Gasteiger partial charge is 0.494 e. The van der Waals surface area contributed by atoms with Gasteiger partial charge in [-0.2, -0.15) is 0 Å². The monoisotopic (exact) mass is 168 g/mol. The average Bonchev–Trinajstić information content (AvgIpc) is 2.38. The zero-order chi connectivity index (χ0) is 9.14. The first kappa shape index (κ1) is 9.04. The van der Waals surface area contributed by atoms with Crippen molar-refractivity contribution in [1.82, 2.24) is 0 Å². The van der Waals surface area contributed by atoms with Crippen molar-refractivity contribution in [2.45, 2.75) is 19.8 Å². The molecule has 0 amide bonds. The van der Waals surface area contributed by atoms with E-state index in [9.17, 15) is 4.39 Å². The van der Waals surface area contributed by atoms with E-state index in [1.165, 1.54) is 0 Å². The second kappa shape index (κ2) is 3.57. The van der Waals surface area contributed by atoms with Crippen molar-refractivity contribution >= 4 is 0 Å². The van der Waals surface area contributed by atoms with Crippen molar-refractivity contribution in [3.05, 3.63) is 35.9 Å². The molecule has 12 heavy (non-hydrogen) atoms. The van der Waals surface area contributed by atoms with E-state index < -0.39 is 0 Å². The molecule has 1 nitrogen and oxygen atoms in total. The molecule has 1 heterocycles. The van der Waals surface area contributed by atoms with Gasteiger partial charge in [-0.15, -0.1) is 0 Å². The smallest absolute Gasteiger partial charge is 0.119 e. The molecule has 0 unspecified atom stereocenters. The highest BCUT2D eigenvalue weighted by molar-refractivity contribution is 5.39. The first-order valence-electron chi connectivity index (χ1n) is 4.05. The summed E-state index contributed by atoms with van der Waals surface area (Å²) >= 11 is 0. The highest BCUT2D eigenvalue weighted by Crippen LogP contribution is 2.30. The van der Waals surface area contributed by atoms with E-state index >= 15 is 0 Å². The summed E-state index contributed by atoms with van der Waals surface area (Å²) in [7, 11) is 0. The lowest BCUT2D eigenvalue weighted by molar-refractivity contribution is 0.267. The summed E-state index contributed by atoms with van der Waals surface area (Å²) in [6, 6.07) is 0. The van der Waals surface area contributed by atoms with Crippen LogP contribution >= 0.6 is 0 Å². The molecular weight excluding hydrogens is 155 g/mol. The Bertz CT molecular complexity index is 251. The summed E-state index contributed by atoms with van der Waals surface area (Å²) in [5.41, 5.74) is 1.54. The molecule has 2 heteroatoms. The summed E-state index contributed by atoms with van der Waals surface area (Å²) in [5, 5.41) is 0. The van der Waals surface area contributed by atoms with Gasteiger partial charge in [-0.05, 0) is 12.0 Å². The van der Waals surface area contributed by atoms with Gasteiger partial charge in [0.2, 0.25) is 0 Å². The van der Waals surface area contributed by atoms with Crippen molar-refractivity contribution in [3.63, 3.8) is 0 Å². The third-order valence-corrected chi connectivity index (χ3v) is 2.01. The van der Waals surface area contributed by atoms with Crippen LogP contribution in [0.1, 0.15) is 19.8 Å². The topological polar surface area (TPSA) is 9.23 Å². The Morgan fingerprint density at radius 2 is 2.33 bits per heavy atom. The molecule has 1 aliphatic rings. The van der Waals surface area contributed by atoms with E-state index in [1.807, 2.05) is 6.92 Å². The molecule has 0 aromatic heterocycles. The zero-order valence-electron chi connectivity index (χ0n) is 7.32. The number of rotatable bonds is 2. The molecule has 0 radical (unpaired) electrons. The fourth-order valence-electron chi connectivity index (χ4n) is 1.39. The summed E-state index contributed by atoms with van der Waals surface area (Å²) in [6.07, 6.45) is 1.40. The second-order valence-corrected chi connectivity index (χ2v) is 2.74. The Hall–Kier alpha value is -1.05. The van der Waals surface area contributed by atoms with Crippen LogP contribution in [-0.4, -0.2) is 6.61 Å². The number of halogens is 1. The van der Waals surface area contributed by atoms with E-state index in [0.29, 0.717) is 24.4 Å². The predicted molar refractivity (Wildman–Crippen MR) is 47.3 cm³/mol. The van der Waals surface area contributed by atoms with E-state index in [4.69, 9.17) is 4.74 Å². The Balaban J connectivity index is 2.99. The standard InChI is InChI=1S/C10H13FO/c1-4-9(7(2)11)10-5-6-12-8(10)3/h2-6H2,1H3/b10-9-. The molecule has 0 bridgehead atoms. The fourth-order valence-corrected chi connectivity index (χ4v) is 1.39. The van der Waals surface area contributed by atoms with Gasteiger partial charge in [0.25, 0.3) is 0 Å². The van der Waals surface area contributed by atoms with Gasteiger partial charge < -0.3 is 4.74 Å². The van der Waals surface area contributed by atoms with E-state index in [0.717, 1.165) is 12.0 Å². The van der Waals surface area contributed by atoms with Crippen LogP contribution in [0.5, 0.6) is 0 Å². The molecule has 1 saturated heterocycles. The minimum atomic E-state index is -0.362. The maximum atomic E-state index is 12.8. The van der Waals surface area contributed by atoms with Gasteiger partial charge in [0.05, 0.1) is 6.61 Å². The van der Waals surface area contributed by atoms with Gasteiger partial charge in [-0.1, -0.05) is 20.1 Å². The molecule has 1 fully saturated rings. The first-order valence-corrected chi connectivity index (χ1v) is 4.05. The molecule has 0 saturated carbocycles. The molecule has 66 valence electrons. The van der Waals surface area contributed by atoms with Crippen LogP contribution in [0.15, 0.2) is 35.9 Å². The second-order valence-electron chi connectivity index (χ2n) is 2.74. The minimum Gasteiger partial charge on any atom is -0.494 e. The molecule has 1 rings (SSSR count). The van der Waals surface area contributed by atoms with Gasteiger partial charge in [0.15, 0.2) is 0 Å². The third kappa shape index (κ3) is 1.58. The van der Waals surface area contributed by atoms with Crippen LogP contribution in [0.2, 0.25) is 0 Å². The SMILES string of the molecule is C=C(F)/C(CC)=C1/CCOC1=C. The maximum Gasteiger partial charge on any atom is 0.119 e. The molecule has 0 N–H and O–H groups in total. The zero-order valence-corrected chi connectivity index (χ0v) is 7.32. The molecular formula is C10H13FO. The first-order chi connectivity index (χ1) is 5.66. The molecule has 1 aliphatic heterocycles. The lowest BCUT2D eigenvalue weighted by Gasteiger charge is -2.04. The van der Waals surface area contributed by atoms with E-state index in [-0.39, 0.29) is 5.83 Å². The minimum absolute atomic E-state index is 0.362. The maximum absolute atomic E-state index is 12.8. The van der Waals surface area contributed by atoms with Gasteiger partial charge in [-0.25, -0.2) is 4.39 Å². The third-order valence-electron chi connectivity index (χ3n) is 2.01. The fraction of sp³-hybridized carbons (Fsp3) is 0.400. The van der Waals surface area contributed by atoms with Crippen LogP contribution < -0.4 is 0 Å². The van der Waals surface area contributed by atoms with Crippen LogP contribution in [0.25, 0.3) is 0 Å². The lowest BCUT2D eigenvalue weighted by Crippen LogP contribution is -1.89. The Morgan fingerprint density at radius 3 is 2.67 bits per heavy atom. The normalized spacial score (nSPS) is 20.7. The van der Waals surface area contributed by atoms with Crippen LogP contribution in [0.4, 0.5) is 4.39 Å². The quantitative estimate of drug-likeness (QED) is 0.615. The Kier molecular flexibility index (Phi) is 2.69. The van der Waals surface area contributed by atoms with Crippen LogP contribution in [0.3, 0.4) is 0 Å². The molecule has 0 aliphatic carbocycles. The summed E-state index contributed by atoms with van der Waals surface area (Å²) < 4.78 is 18.0. The van der Waals surface area contributed by atoms with Crippen LogP contribution in [0, 0.1) is 0 Å². The van der Waals surface area contributed by atoms with Crippen molar-refractivity contribution in [1.29, 1.82) is 0 Å². The van der Waals surface area contributed by atoms with Crippen molar-refractivity contribution < 1.29 is 9.13 Å². The van der Waals surface area contributed by atoms with Gasteiger partial charge >= 0.3 is 0 Å². The average molecular weight is 168 g/mol. The van der Waals surface area contributed by atoms with E-state index in [1.54, 1.807) is 0 Å².